The number of methoxy groups -OCH3 is 1. The van der Waals surface area contributed by atoms with Gasteiger partial charge in [-0.25, -0.2) is 24.7 Å². The standard InChI is InChI=1S/C21H25F3N8O2/c1-20(2,3)17-31-14(11-9-12(21(22,23)24)16(25)29-10-11)15(32-17)13-5-6-26-18(30-13)27-7-8-28-19(33)34-4/h5-6,9-10H,7-8H2,1-4H3,(H2,25,29)(H,28,33)(H,31,32)(H,26,27,30). The number of anilines is 2. The number of pyridine rings is 1. The van der Waals surface area contributed by atoms with Gasteiger partial charge in [-0.15, -0.1) is 0 Å². The second-order valence-corrected chi connectivity index (χ2v) is 8.32. The van der Waals surface area contributed by atoms with Crippen LogP contribution in [-0.2, 0) is 16.3 Å². The van der Waals surface area contributed by atoms with Gasteiger partial charge in [0.05, 0.1) is 29.8 Å². The van der Waals surface area contributed by atoms with Crippen LogP contribution in [0.5, 0.6) is 0 Å². The summed E-state index contributed by atoms with van der Waals surface area (Å²) >= 11 is 0. The highest BCUT2D eigenvalue weighted by atomic mass is 19.4. The third kappa shape index (κ3) is 5.71. The van der Waals surface area contributed by atoms with Crippen LogP contribution >= 0.6 is 0 Å². The Morgan fingerprint density at radius 2 is 1.91 bits per heavy atom. The first kappa shape index (κ1) is 24.7. The van der Waals surface area contributed by atoms with Crippen LogP contribution in [0, 0.1) is 0 Å². The minimum atomic E-state index is -4.67. The van der Waals surface area contributed by atoms with E-state index in [-0.39, 0.29) is 23.8 Å². The van der Waals surface area contributed by atoms with Crippen LogP contribution in [0.4, 0.5) is 29.7 Å². The topological polar surface area (TPSA) is 144 Å². The molecule has 0 aliphatic rings. The van der Waals surface area contributed by atoms with Gasteiger partial charge in [-0.05, 0) is 12.1 Å². The maximum atomic E-state index is 13.4. The number of rotatable bonds is 6. The van der Waals surface area contributed by atoms with Crippen molar-refractivity contribution in [3.05, 3.63) is 35.9 Å². The van der Waals surface area contributed by atoms with Gasteiger partial charge in [0.25, 0.3) is 0 Å². The predicted molar refractivity (Wildman–Crippen MR) is 120 cm³/mol. The van der Waals surface area contributed by atoms with Crippen LogP contribution in [0.15, 0.2) is 24.5 Å². The van der Waals surface area contributed by atoms with E-state index in [4.69, 9.17) is 5.73 Å². The number of aromatic nitrogens is 5. The quantitative estimate of drug-likeness (QED) is 0.394. The Balaban J connectivity index is 2.00. The van der Waals surface area contributed by atoms with E-state index in [9.17, 15) is 18.0 Å². The van der Waals surface area contributed by atoms with Crippen LogP contribution in [0.2, 0.25) is 0 Å². The Bertz CT molecular complexity index is 1170. The summed E-state index contributed by atoms with van der Waals surface area (Å²) in [6, 6.07) is 2.53. The Morgan fingerprint density at radius 3 is 2.56 bits per heavy atom. The first-order chi connectivity index (χ1) is 15.9. The minimum absolute atomic E-state index is 0.138. The number of aromatic amines is 1. The van der Waals surface area contributed by atoms with Gasteiger partial charge in [0.2, 0.25) is 5.95 Å². The molecule has 34 heavy (non-hydrogen) atoms. The summed E-state index contributed by atoms with van der Waals surface area (Å²) in [5.74, 6) is 0.199. The maximum Gasteiger partial charge on any atom is 0.419 e. The zero-order valence-corrected chi connectivity index (χ0v) is 19.0. The Morgan fingerprint density at radius 1 is 1.18 bits per heavy atom. The van der Waals surface area contributed by atoms with Gasteiger partial charge in [-0.3, -0.25) is 0 Å². The molecule has 1 amide bonds. The van der Waals surface area contributed by atoms with Crippen LogP contribution in [0.25, 0.3) is 22.6 Å². The Kier molecular flexibility index (Phi) is 6.93. The molecule has 3 aromatic heterocycles. The number of ether oxygens (including phenoxy) is 1. The summed E-state index contributed by atoms with van der Waals surface area (Å²) in [6.07, 6.45) is -2.48. The Labute approximate surface area is 193 Å². The van der Waals surface area contributed by atoms with Crippen molar-refractivity contribution < 1.29 is 22.7 Å². The predicted octanol–water partition coefficient (Wildman–Crippen LogP) is 3.60. The van der Waals surface area contributed by atoms with Crippen molar-refractivity contribution in [2.75, 3.05) is 31.2 Å². The largest absolute Gasteiger partial charge is 0.453 e. The van der Waals surface area contributed by atoms with Gasteiger partial charge in [-0.1, -0.05) is 20.8 Å². The number of amides is 1. The first-order valence-electron chi connectivity index (χ1n) is 10.2. The summed E-state index contributed by atoms with van der Waals surface area (Å²) < 4.78 is 44.8. The fourth-order valence-electron chi connectivity index (χ4n) is 2.95. The molecule has 0 aliphatic carbocycles. The molecule has 0 unspecified atom stereocenters. The number of hydrogen-bond donors (Lipinski definition) is 4. The fourth-order valence-corrected chi connectivity index (χ4v) is 2.95. The van der Waals surface area contributed by atoms with Gasteiger partial charge in [-0.2, -0.15) is 13.2 Å². The molecule has 0 saturated carbocycles. The molecule has 0 bridgehead atoms. The number of nitrogens with zero attached hydrogens (tertiary/aromatic N) is 4. The van der Waals surface area contributed by atoms with E-state index in [1.165, 1.54) is 19.5 Å². The van der Waals surface area contributed by atoms with Crippen LogP contribution in [0.3, 0.4) is 0 Å². The summed E-state index contributed by atoms with van der Waals surface area (Å²) in [5.41, 5.74) is 5.19. The summed E-state index contributed by atoms with van der Waals surface area (Å²) in [4.78, 5) is 31.2. The van der Waals surface area contributed by atoms with E-state index in [1.807, 2.05) is 20.8 Å². The van der Waals surface area contributed by atoms with Crippen LogP contribution in [-0.4, -0.2) is 51.2 Å². The normalized spacial score (nSPS) is 11.9. The fraction of sp³-hybridized carbons (Fsp3) is 0.381. The third-order valence-corrected chi connectivity index (χ3v) is 4.69. The number of carbonyl (C=O) groups excluding carboxylic acids is 1. The number of hydrogen-bond acceptors (Lipinski definition) is 8. The molecule has 0 fully saturated rings. The first-order valence-corrected chi connectivity index (χ1v) is 10.2. The van der Waals surface area contributed by atoms with Gasteiger partial charge < -0.3 is 26.1 Å². The van der Waals surface area contributed by atoms with Crippen LogP contribution in [0.1, 0.15) is 32.2 Å². The van der Waals surface area contributed by atoms with Gasteiger partial charge in [0, 0.05) is 36.5 Å². The number of nitrogens with one attached hydrogen (secondary N) is 3. The summed E-state index contributed by atoms with van der Waals surface area (Å²) in [6.45, 7) is 6.34. The lowest BCUT2D eigenvalue weighted by atomic mass is 9.96. The lowest BCUT2D eigenvalue weighted by molar-refractivity contribution is -0.137. The van der Waals surface area contributed by atoms with E-state index in [0.717, 1.165) is 6.07 Å². The second-order valence-electron chi connectivity index (χ2n) is 8.32. The SMILES string of the molecule is COC(=O)NCCNc1nccc(-c2[nH]c(C(C)(C)C)nc2-c2cnc(N)c(C(F)(F)F)c2)n1. The molecule has 0 atom stereocenters. The number of imidazole rings is 1. The highest BCUT2D eigenvalue weighted by Crippen LogP contribution is 2.38. The summed E-state index contributed by atoms with van der Waals surface area (Å²) in [5, 5.41) is 5.48. The monoisotopic (exact) mass is 478 g/mol. The summed E-state index contributed by atoms with van der Waals surface area (Å²) in [7, 11) is 1.26. The molecule has 0 aliphatic heterocycles. The van der Waals surface area contributed by atoms with Gasteiger partial charge >= 0.3 is 12.3 Å². The average molecular weight is 478 g/mol. The van der Waals surface area contributed by atoms with Crippen molar-refractivity contribution in [3.8, 4) is 22.6 Å². The average Bonchev–Trinajstić information content (AvgIpc) is 3.22. The number of alkyl carbamates (subject to hydrolysis) is 1. The number of nitrogen functional groups attached to an aromatic ring is 1. The molecular formula is C21H25F3N8O2. The molecule has 0 radical (unpaired) electrons. The lowest BCUT2D eigenvalue weighted by Gasteiger charge is -2.14. The molecular weight excluding hydrogens is 453 g/mol. The smallest absolute Gasteiger partial charge is 0.419 e. The second kappa shape index (κ2) is 9.53. The van der Waals surface area contributed by atoms with Crippen LogP contribution < -0.4 is 16.4 Å². The molecule has 3 aromatic rings. The molecule has 3 rings (SSSR count). The van der Waals surface area contributed by atoms with E-state index in [0.29, 0.717) is 23.8 Å². The van der Waals surface area contributed by atoms with Crippen molar-refractivity contribution in [3.63, 3.8) is 0 Å². The number of H-pyrrole nitrogens is 1. The molecule has 182 valence electrons. The van der Waals surface area contributed by atoms with Crippen molar-refractivity contribution in [2.24, 2.45) is 0 Å². The molecule has 3 heterocycles. The Hall–Kier alpha value is -3.90. The zero-order chi connectivity index (χ0) is 25.1. The highest BCUT2D eigenvalue weighted by molar-refractivity contribution is 5.77. The van der Waals surface area contributed by atoms with E-state index in [2.05, 4.69) is 40.3 Å². The zero-order valence-electron chi connectivity index (χ0n) is 19.0. The number of nitrogens with two attached hydrogens (primary N) is 1. The minimum Gasteiger partial charge on any atom is -0.453 e. The van der Waals surface area contributed by atoms with Crippen molar-refractivity contribution in [2.45, 2.75) is 32.4 Å². The molecule has 0 aromatic carbocycles. The third-order valence-electron chi connectivity index (χ3n) is 4.69. The lowest BCUT2D eigenvalue weighted by Crippen LogP contribution is -2.28. The van der Waals surface area contributed by atoms with Gasteiger partial charge in [0.15, 0.2) is 0 Å². The van der Waals surface area contributed by atoms with Crippen molar-refractivity contribution in [1.82, 2.24) is 30.2 Å². The van der Waals surface area contributed by atoms with Crippen molar-refractivity contribution >= 4 is 17.9 Å². The number of halogens is 3. The maximum absolute atomic E-state index is 13.4. The molecule has 0 spiro atoms. The molecule has 5 N–H and O–H groups in total. The molecule has 10 nitrogen and oxygen atoms in total. The highest BCUT2D eigenvalue weighted by Gasteiger charge is 2.35. The van der Waals surface area contributed by atoms with Gasteiger partial charge in [0.1, 0.15) is 11.6 Å². The number of alkyl halides is 3. The van der Waals surface area contributed by atoms with E-state index in [1.54, 1.807) is 6.07 Å². The molecule has 13 heteroatoms. The number of carbonyl (C=O) groups is 1. The van der Waals surface area contributed by atoms with E-state index < -0.39 is 29.1 Å². The molecule has 0 saturated heterocycles. The van der Waals surface area contributed by atoms with E-state index >= 15 is 0 Å². The van der Waals surface area contributed by atoms with Crippen molar-refractivity contribution in [1.29, 1.82) is 0 Å².